The smallest absolute Gasteiger partial charge is 0.0130 e. The van der Waals surface area contributed by atoms with Gasteiger partial charge in [-0.15, -0.1) is 0 Å². The molecule has 0 heterocycles. The van der Waals surface area contributed by atoms with Gasteiger partial charge in [0.25, 0.3) is 0 Å². The number of rotatable bonds is 4. The second-order valence-electron chi connectivity index (χ2n) is 3.97. The van der Waals surface area contributed by atoms with E-state index in [0.717, 1.165) is 0 Å². The number of halogens is 1. The quantitative estimate of drug-likeness (QED) is 0.729. The molecule has 16 heavy (non-hydrogen) atoms. The van der Waals surface area contributed by atoms with Gasteiger partial charge in [-0.1, -0.05) is 42.5 Å². The van der Waals surface area contributed by atoms with Gasteiger partial charge in [0.15, 0.2) is 0 Å². The maximum absolute atomic E-state index is 2.34. The summed E-state index contributed by atoms with van der Waals surface area (Å²) in [5.74, 6) is 0. The molecule has 0 aliphatic rings. The van der Waals surface area contributed by atoms with Crippen LogP contribution in [-0.2, 0) is 12.8 Å². The highest BCUT2D eigenvalue weighted by Gasteiger charge is 1.95. The molecule has 0 amide bonds. The molecule has 2 rings (SSSR count). The van der Waals surface area contributed by atoms with Crippen LogP contribution in [-0.4, -0.2) is 0 Å². The van der Waals surface area contributed by atoms with Crippen LogP contribution in [0, 0.1) is 3.57 Å². The summed E-state index contributed by atoms with van der Waals surface area (Å²) in [6.45, 7) is 0. The summed E-state index contributed by atoms with van der Waals surface area (Å²) in [5, 5.41) is 0. The molecule has 82 valence electrons. The molecule has 2 aromatic rings. The Kier molecular flexibility index (Phi) is 4.40. The first kappa shape index (κ1) is 11.6. The zero-order valence-electron chi connectivity index (χ0n) is 9.20. The van der Waals surface area contributed by atoms with E-state index in [1.165, 1.54) is 34.0 Å². The first-order valence-corrected chi connectivity index (χ1v) is 6.71. The van der Waals surface area contributed by atoms with E-state index in [1.54, 1.807) is 0 Å². The van der Waals surface area contributed by atoms with Crippen molar-refractivity contribution in [2.24, 2.45) is 0 Å². The van der Waals surface area contributed by atoms with Crippen molar-refractivity contribution in [2.45, 2.75) is 19.3 Å². The average Bonchev–Trinajstić information content (AvgIpc) is 2.33. The third kappa shape index (κ3) is 3.63. The Bertz CT molecular complexity index is 417. The van der Waals surface area contributed by atoms with E-state index in [9.17, 15) is 0 Å². The molecule has 0 nitrogen and oxygen atoms in total. The monoisotopic (exact) mass is 322 g/mol. The molecule has 1 heteroatoms. The molecule has 0 aromatic heterocycles. The van der Waals surface area contributed by atoms with Gasteiger partial charge in [0, 0.05) is 3.57 Å². The van der Waals surface area contributed by atoms with Gasteiger partial charge < -0.3 is 0 Å². The molecule has 0 spiro atoms. The Balaban J connectivity index is 1.82. The molecule has 0 atom stereocenters. The van der Waals surface area contributed by atoms with Gasteiger partial charge in [-0.3, -0.25) is 0 Å². The molecule has 0 saturated heterocycles. The fourth-order valence-corrected chi connectivity index (χ4v) is 2.15. The van der Waals surface area contributed by atoms with Crippen molar-refractivity contribution >= 4 is 22.6 Å². The highest BCUT2D eigenvalue weighted by molar-refractivity contribution is 14.1. The van der Waals surface area contributed by atoms with Crippen molar-refractivity contribution in [2.75, 3.05) is 0 Å². The van der Waals surface area contributed by atoms with Gasteiger partial charge >= 0.3 is 0 Å². The predicted octanol–water partition coefficient (Wildman–Crippen LogP) is 4.47. The van der Waals surface area contributed by atoms with Crippen LogP contribution in [0.4, 0.5) is 0 Å². The van der Waals surface area contributed by atoms with Crippen LogP contribution in [0.2, 0.25) is 0 Å². The summed E-state index contributed by atoms with van der Waals surface area (Å²) in [4.78, 5) is 0. The lowest BCUT2D eigenvalue weighted by Crippen LogP contribution is -1.89. The van der Waals surface area contributed by atoms with Crippen LogP contribution in [0.15, 0.2) is 54.6 Å². The molecule has 0 aliphatic heterocycles. The van der Waals surface area contributed by atoms with E-state index >= 15 is 0 Å². The minimum Gasteiger partial charge on any atom is -0.0622 e. The Morgan fingerprint density at radius 2 is 1.25 bits per heavy atom. The maximum Gasteiger partial charge on any atom is 0.0130 e. The van der Waals surface area contributed by atoms with E-state index in [1.807, 2.05) is 0 Å². The van der Waals surface area contributed by atoms with Crippen LogP contribution in [0.1, 0.15) is 17.5 Å². The topological polar surface area (TPSA) is 0 Å². The largest absolute Gasteiger partial charge is 0.0622 e. The summed E-state index contributed by atoms with van der Waals surface area (Å²) in [7, 11) is 0. The average molecular weight is 322 g/mol. The Morgan fingerprint density at radius 1 is 0.688 bits per heavy atom. The lowest BCUT2D eigenvalue weighted by molar-refractivity contribution is 0.820. The number of hydrogen-bond donors (Lipinski definition) is 0. The van der Waals surface area contributed by atoms with Crippen molar-refractivity contribution in [1.29, 1.82) is 0 Å². The fraction of sp³-hybridized carbons (Fsp3) is 0.200. The molecule has 2 aromatic carbocycles. The van der Waals surface area contributed by atoms with Crippen molar-refractivity contribution < 1.29 is 0 Å². The standard InChI is InChI=1S/C15H15I/c16-15-11-9-14(10-12-15)8-4-7-13-5-2-1-3-6-13/h1-3,5-6,9-12H,4,7-8H2. The second kappa shape index (κ2) is 6.04. The Morgan fingerprint density at radius 3 is 1.88 bits per heavy atom. The summed E-state index contributed by atoms with van der Waals surface area (Å²) in [5.41, 5.74) is 2.88. The highest BCUT2D eigenvalue weighted by atomic mass is 127. The molecular weight excluding hydrogens is 307 g/mol. The van der Waals surface area contributed by atoms with Gasteiger partial charge in [-0.25, -0.2) is 0 Å². The SMILES string of the molecule is Ic1ccc(CCCc2ccccc2)cc1. The number of benzene rings is 2. The van der Waals surface area contributed by atoms with Crippen molar-refractivity contribution in [3.8, 4) is 0 Å². The van der Waals surface area contributed by atoms with Crippen LogP contribution in [0.25, 0.3) is 0 Å². The Labute approximate surface area is 111 Å². The van der Waals surface area contributed by atoms with Crippen molar-refractivity contribution in [1.82, 2.24) is 0 Å². The zero-order valence-corrected chi connectivity index (χ0v) is 11.4. The summed E-state index contributed by atoms with van der Waals surface area (Å²) >= 11 is 2.34. The minimum atomic E-state index is 1.17. The normalized spacial score (nSPS) is 10.3. The van der Waals surface area contributed by atoms with E-state index in [2.05, 4.69) is 77.2 Å². The lowest BCUT2D eigenvalue weighted by Gasteiger charge is -2.02. The van der Waals surface area contributed by atoms with Gasteiger partial charge in [-0.05, 0) is 65.1 Å². The summed E-state index contributed by atoms with van der Waals surface area (Å²) in [6.07, 6.45) is 3.57. The zero-order chi connectivity index (χ0) is 11.2. The predicted molar refractivity (Wildman–Crippen MR) is 77.6 cm³/mol. The summed E-state index contributed by atoms with van der Waals surface area (Å²) < 4.78 is 1.31. The molecule has 0 radical (unpaired) electrons. The molecule has 0 saturated carbocycles. The highest BCUT2D eigenvalue weighted by Crippen LogP contribution is 2.10. The van der Waals surface area contributed by atoms with Crippen LogP contribution in [0.3, 0.4) is 0 Å². The molecular formula is C15H15I. The summed E-state index contributed by atoms with van der Waals surface area (Å²) in [6, 6.07) is 19.5. The van der Waals surface area contributed by atoms with Gasteiger partial charge in [0.2, 0.25) is 0 Å². The maximum atomic E-state index is 2.34. The Hall–Kier alpha value is -0.830. The molecule has 0 fully saturated rings. The minimum absolute atomic E-state index is 1.17. The molecule has 0 unspecified atom stereocenters. The third-order valence-corrected chi connectivity index (χ3v) is 3.41. The fourth-order valence-electron chi connectivity index (χ4n) is 1.79. The van der Waals surface area contributed by atoms with E-state index < -0.39 is 0 Å². The van der Waals surface area contributed by atoms with Gasteiger partial charge in [-0.2, -0.15) is 0 Å². The molecule has 0 bridgehead atoms. The van der Waals surface area contributed by atoms with E-state index in [4.69, 9.17) is 0 Å². The lowest BCUT2D eigenvalue weighted by atomic mass is 10.0. The second-order valence-corrected chi connectivity index (χ2v) is 5.21. The van der Waals surface area contributed by atoms with E-state index in [0.29, 0.717) is 0 Å². The molecule has 0 aliphatic carbocycles. The third-order valence-electron chi connectivity index (χ3n) is 2.69. The van der Waals surface area contributed by atoms with E-state index in [-0.39, 0.29) is 0 Å². The first-order valence-electron chi connectivity index (χ1n) is 5.63. The van der Waals surface area contributed by atoms with Gasteiger partial charge in [0.1, 0.15) is 0 Å². The van der Waals surface area contributed by atoms with Crippen LogP contribution < -0.4 is 0 Å². The first-order chi connectivity index (χ1) is 7.84. The molecule has 0 N–H and O–H groups in total. The number of aryl methyl sites for hydroxylation is 2. The van der Waals surface area contributed by atoms with Crippen LogP contribution >= 0.6 is 22.6 Å². The van der Waals surface area contributed by atoms with Gasteiger partial charge in [0.05, 0.1) is 0 Å². The van der Waals surface area contributed by atoms with Crippen LogP contribution in [0.5, 0.6) is 0 Å². The van der Waals surface area contributed by atoms with Crippen molar-refractivity contribution in [3.05, 3.63) is 69.3 Å². The number of hydrogen-bond acceptors (Lipinski definition) is 0. The van der Waals surface area contributed by atoms with Crippen molar-refractivity contribution in [3.63, 3.8) is 0 Å².